The molecule has 5 nitrogen and oxygen atoms in total. The molecule has 4 rings (SSSR count). The van der Waals surface area contributed by atoms with Gasteiger partial charge in [-0.05, 0) is 55.0 Å². The summed E-state index contributed by atoms with van der Waals surface area (Å²) in [5, 5.41) is 3.05. The molecule has 1 saturated carbocycles. The third kappa shape index (κ3) is 3.60. The highest BCUT2D eigenvalue weighted by atomic mass is 16.6. The topological polar surface area (TPSA) is 60.5 Å². The summed E-state index contributed by atoms with van der Waals surface area (Å²) in [6, 6.07) is 10.1. The largest absolute Gasteiger partial charge is 0.486 e. The fourth-order valence-corrected chi connectivity index (χ4v) is 3.25. The molecule has 0 bridgehead atoms. The van der Waals surface area contributed by atoms with Gasteiger partial charge < -0.3 is 14.8 Å². The second kappa shape index (κ2) is 6.75. The van der Waals surface area contributed by atoms with E-state index in [1.807, 2.05) is 37.4 Å². The van der Waals surface area contributed by atoms with Crippen molar-refractivity contribution < 1.29 is 14.3 Å². The molecule has 0 radical (unpaired) electrons. The monoisotopic (exact) mass is 338 g/mol. The summed E-state index contributed by atoms with van der Waals surface area (Å²) in [6.45, 7) is 3.79. The van der Waals surface area contributed by atoms with Gasteiger partial charge in [0.1, 0.15) is 13.2 Å². The van der Waals surface area contributed by atoms with Crippen LogP contribution in [0.25, 0.3) is 0 Å². The molecule has 1 amide bonds. The lowest BCUT2D eigenvalue weighted by Crippen LogP contribution is -2.27. The minimum atomic E-state index is 0.0682. The van der Waals surface area contributed by atoms with Gasteiger partial charge in [-0.1, -0.05) is 12.1 Å². The first-order valence-electron chi connectivity index (χ1n) is 8.79. The Kier molecular flexibility index (Phi) is 4.30. The predicted octanol–water partition coefficient (Wildman–Crippen LogP) is 2.62. The van der Waals surface area contributed by atoms with Crippen molar-refractivity contribution in [2.45, 2.75) is 25.7 Å². The number of carbonyl (C=O) groups is 1. The third-order valence-corrected chi connectivity index (χ3v) is 4.81. The number of hydrogen-bond acceptors (Lipinski definition) is 4. The van der Waals surface area contributed by atoms with Crippen LogP contribution in [0.5, 0.6) is 11.5 Å². The van der Waals surface area contributed by atoms with E-state index < -0.39 is 0 Å². The molecule has 0 spiro atoms. The fourth-order valence-electron chi connectivity index (χ4n) is 3.25. The van der Waals surface area contributed by atoms with E-state index in [-0.39, 0.29) is 17.7 Å². The number of nitrogens with one attached hydrogen (secondary N) is 1. The normalized spacial score (nSPS) is 20.8. The number of ether oxygens (including phenoxy) is 2. The quantitative estimate of drug-likeness (QED) is 0.910. The Balaban J connectivity index is 1.29. The Morgan fingerprint density at radius 2 is 2.04 bits per heavy atom. The summed E-state index contributed by atoms with van der Waals surface area (Å²) in [7, 11) is 0. The van der Waals surface area contributed by atoms with Crippen LogP contribution in [0.15, 0.2) is 36.5 Å². The van der Waals surface area contributed by atoms with Crippen LogP contribution < -0.4 is 14.8 Å². The first kappa shape index (κ1) is 15.9. The lowest BCUT2D eigenvalue weighted by atomic mass is 10.1. The number of aromatic nitrogens is 1. The fraction of sp³-hybridized carbons (Fsp3) is 0.400. The van der Waals surface area contributed by atoms with E-state index in [4.69, 9.17) is 9.47 Å². The van der Waals surface area contributed by atoms with E-state index >= 15 is 0 Å². The van der Waals surface area contributed by atoms with Gasteiger partial charge in [0, 0.05) is 24.4 Å². The number of amides is 1. The summed E-state index contributed by atoms with van der Waals surface area (Å²) in [6.07, 6.45) is 3.58. The number of rotatable bonds is 5. The first-order valence-corrected chi connectivity index (χ1v) is 8.79. The van der Waals surface area contributed by atoms with E-state index in [9.17, 15) is 4.79 Å². The van der Waals surface area contributed by atoms with Gasteiger partial charge in [-0.2, -0.15) is 0 Å². The molecule has 2 aliphatic rings. The number of aryl methyl sites for hydroxylation is 1. The molecule has 1 aliphatic heterocycles. The average Bonchev–Trinajstić information content (AvgIpc) is 3.44. The molecule has 1 aromatic heterocycles. The maximum atomic E-state index is 12.3. The lowest BCUT2D eigenvalue weighted by Gasteiger charge is -2.18. The van der Waals surface area contributed by atoms with Crippen molar-refractivity contribution in [3.05, 3.63) is 53.3 Å². The van der Waals surface area contributed by atoms with Gasteiger partial charge in [0.15, 0.2) is 11.5 Å². The van der Waals surface area contributed by atoms with Crippen LogP contribution in [0.4, 0.5) is 0 Å². The number of hydrogen-bond donors (Lipinski definition) is 1. The number of carbonyl (C=O) groups excluding carboxylic acids is 1. The molecule has 5 heteroatoms. The average molecular weight is 338 g/mol. The van der Waals surface area contributed by atoms with Crippen molar-refractivity contribution in [2.75, 3.05) is 19.8 Å². The molecule has 0 unspecified atom stereocenters. The smallest absolute Gasteiger partial charge is 0.223 e. The van der Waals surface area contributed by atoms with Gasteiger partial charge in [0.25, 0.3) is 0 Å². The van der Waals surface area contributed by atoms with E-state index in [0.29, 0.717) is 19.8 Å². The lowest BCUT2D eigenvalue weighted by molar-refractivity contribution is -0.122. The molecule has 1 aromatic carbocycles. The van der Waals surface area contributed by atoms with Crippen LogP contribution in [0.3, 0.4) is 0 Å². The van der Waals surface area contributed by atoms with E-state index in [0.717, 1.165) is 41.2 Å². The second-order valence-electron chi connectivity index (χ2n) is 6.70. The zero-order valence-electron chi connectivity index (χ0n) is 14.3. The molecule has 2 atom stereocenters. The maximum absolute atomic E-state index is 12.3. The van der Waals surface area contributed by atoms with Crippen molar-refractivity contribution in [2.24, 2.45) is 5.92 Å². The predicted molar refractivity (Wildman–Crippen MR) is 94.0 cm³/mol. The molecule has 25 heavy (non-hydrogen) atoms. The van der Waals surface area contributed by atoms with Crippen molar-refractivity contribution in [3.63, 3.8) is 0 Å². The van der Waals surface area contributed by atoms with Crippen molar-refractivity contribution in [3.8, 4) is 11.5 Å². The highest BCUT2D eigenvalue weighted by Crippen LogP contribution is 2.49. The summed E-state index contributed by atoms with van der Waals surface area (Å²) in [4.78, 5) is 16.6. The second-order valence-corrected chi connectivity index (χ2v) is 6.70. The summed E-state index contributed by atoms with van der Waals surface area (Å²) < 4.78 is 11.2. The van der Waals surface area contributed by atoms with Crippen LogP contribution >= 0.6 is 0 Å². The van der Waals surface area contributed by atoms with Gasteiger partial charge in [0.2, 0.25) is 5.91 Å². The molecule has 2 aromatic rings. The Morgan fingerprint density at radius 3 is 2.84 bits per heavy atom. The molecule has 2 heterocycles. The molecular weight excluding hydrogens is 316 g/mol. The van der Waals surface area contributed by atoms with Crippen LogP contribution in [-0.4, -0.2) is 30.6 Å². The number of pyridine rings is 1. The van der Waals surface area contributed by atoms with Crippen LogP contribution in [0.2, 0.25) is 0 Å². The molecule has 130 valence electrons. The standard InChI is InChI=1S/C20H22N2O3/c1-13-2-3-14(12-22-13)6-7-21-20(23)17-11-16(17)15-4-5-18-19(10-15)25-9-8-24-18/h2-5,10,12,16-17H,6-9,11H2,1H3,(H,21,23)/t16-,17-/m0/s1. The Morgan fingerprint density at radius 1 is 1.20 bits per heavy atom. The van der Waals surface area contributed by atoms with Crippen LogP contribution in [0, 0.1) is 12.8 Å². The van der Waals surface area contributed by atoms with Crippen LogP contribution in [0.1, 0.15) is 29.2 Å². The van der Waals surface area contributed by atoms with Gasteiger partial charge >= 0.3 is 0 Å². The molecule has 1 aliphatic carbocycles. The number of fused-ring (bicyclic) bond motifs is 1. The number of nitrogens with zero attached hydrogens (tertiary/aromatic N) is 1. The van der Waals surface area contributed by atoms with E-state index in [1.54, 1.807) is 0 Å². The van der Waals surface area contributed by atoms with Gasteiger partial charge in [-0.25, -0.2) is 0 Å². The third-order valence-electron chi connectivity index (χ3n) is 4.81. The highest BCUT2D eigenvalue weighted by molar-refractivity contribution is 5.83. The molecule has 1 N–H and O–H groups in total. The minimum absolute atomic E-state index is 0.0682. The zero-order chi connectivity index (χ0) is 17.2. The van der Waals surface area contributed by atoms with E-state index in [1.165, 1.54) is 0 Å². The Labute approximate surface area is 147 Å². The summed E-state index contributed by atoms with van der Waals surface area (Å²) >= 11 is 0. The molecule has 1 fully saturated rings. The van der Waals surface area contributed by atoms with Crippen molar-refractivity contribution >= 4 is 5.91 Å². The van der Waals surface area contributed by atoms with Gasteiger partial charge in [-0.15, -0.1) is 0 Å². The van der Waals surface area contributed by atoms with E-state index in [2.05, 4.69) is 16.4 Å². The summed E-state index contributed by atoms with van der Waals surface area (Å²) in [5.41, 5.74) is 3.31. The molecule has 0 saturated heterocycles. The maximum Gasteiger partial charge on any atom is 0.223 e. The van der Waals surface area contributed by atoms with Gasteiger partial charge in [-0.3, -0.25) is 9.78 Å². The Hall–Kier alpha value is -2.56. The van der Waals surface area contributed by atoms with Crippen molar-refractivity contribution in [1.82, 2.24) is 10.3 Å². The Bertz CT molecular complexity index is 773. The first-order chi connectivity index (χ1) is 12.2. The SMILES string of the molecule is Cc1ccc(CCNC(=O)[C@H]2C[C@H]2c2ccc3c(c2)OCCO3)cn1. The zero-order valence-corrected chi connectivity index (χ0v) is 14.3. The number of benzene rings is 1. The van der Waals surface area contributed by atoms with Gasteiger partial charge in [0.05, 0.1) is 0 Å². The summed E-state index contributed by atoms with van der Waals surface area (Å²) in [5.74, 6) is 2.08. The van der Waals surface area contributed by atoms with Crippen molar-refractivity contribution in [1.29, 1.82) is 0 Å². The minimum Gasteiger partial charge on any atom is -0.486 e. The molecular formula is C20H22N2O3. The van der Waals surface area contributed by atoms with Crippen LogP contribution in [-0.2, 0) is 11.2 Å². The highest BCUT2D eigenvalue weighted by Gasteiger charge is 2.44.